The van der Waals surface area contributed by atoms with Crippen molar-refractivity contribution in [3.05, 3.63) is 65.2 Å². The molecule has 94 valence electrons. The molecule has 2 N–H and O–H groups in total. The Morgan fingerprint density at radius 1 is 1.05 bits per heavy atom. The summed E-state index contributed by atoms with van der Waals surface area (Å²) in [6.45, 7) is 0. The molecule has 3 heteroatoms. The molecule has 2 aromatic carbocycles. The number of carbonyl (C=O) groups is 1. The summed E-state index contributed by atoms with van der Waals surface area (Å²) in [4.78, 5) is 11.2. The van der Waals surface area contributed by atoms with Crippen LogP contribution in [0.15, 0.2) is 48.5 Å². The van der Waals surface area contributed by atoms with Gasteiger partial charge in [0.05, 0.1) is 0 Å². The van der Waals surface area contributed by atoms with Gasteiger partial charge >= 0.3 is 0 Å². The number of hydrogen-bond donors (Lipinski definition) is 2. The highest BCUT2D eigenvalue weighted by atomic mass is 16.3. The summed E-state index contributed by atoms with van der Waals surface area (Å²) in [5.41, 5.74) is 3.86. The van der Waals surface area contributed by atoms with E-state index in [0.29, 0.717) is 0 Å². The van der Waals surface area contributed by atoms with Crippen molar-refractivity contribution >= 4 is 18.1 Å². The molecule has 0 aromatic heterocycles. The van der Waals surface area contributed by atoms with E-state index in [0.717, 1.165) is 28.7 Å². The minimum atomic E-state index is -0.329. The van der Waals surface area contributed by atoms with Gasteiger partial charge in [0.2, 0.25) is 0 Å². The maximum Gasteiger partial charge on any atom is 0.146 e. The monoisotopic (exact) mass is 251 g/mol. The number of benzene rings is 2. The summed E-state index contributed by atoms with van der Waals surface area (Å²) in [7, 11) is 0. The lowest BCUT2D eigenvalue weighted by atomic mass is 9.94. The van der Waals surface area contributed by atoms with Crippen molar-refractivity contribution in [1.29, 1.82) is 0 Å². The molecule has 3 rings (SSSR count). The van der Waals surface area contributed by atoms with E-state index in [4.69, 9.17) is 0 Å². The Balaban J connectivity index is 2.07. The minimum Gasteiger partial charge on any atom is -0.508 e. The van der Waals surface area contributed by atoms with Gasteiger partial charge in [0.15, 0.2) is 0 Å². The Kier molecular flexibility index (Phi) is 2.80. The van der Waals surface area contributed by atoms with Crippen LogP contribution in [0.1, 0.15) is 22.7 Å². The number of rotatable bonds is 2. The third kappa shape index (κ3) is 2.10. The predicted molar refractivity (Wildman–Crippen MR) is 74.4 cm³/mol. The molecule has 19 heavy (non-hydrogen) atoms. The fourth-order valence-electron chi connectivity index (χ4n) is 2.28. The summed E-state index contributed by atoms with van der Waals surface area (Å²) < 4.78 is 0. The van der Waals surface area contributed by atoms with Crippen molar-refractivity contribution in [2.45, 2.75) is 6.04 Å². The molecule has 1 unspecified atom stereocenters. The van der Waals surface area contributed by atoms with Crippen LogP contribution < -0.4 is 5.32 Å². The summed E-state index contributed by atoms with van der Waals surface area (Å²) in [6, 6.07) is 14.4. The largest absolute Gasteiger partial charge is 0.508 e. The molecular weight excluding hydrogens is 238 g/mol. The van der Waals surface area contributed by atoms with Crippen molar-refractivity contribution in [2.24, 2.45) is 0 Å². The first-order chi connectivity index (χ1) is 9.28. The predicted octanol–water partition coefficient (Wildman–Crippen LogP) is 2.73. The Morgan fingerprint density at radius 2 is 1.79 bits per heavy atom. The third-order valence-corrected chi connectivity index (χ3v) is 3.26. The van der Waals surface area contributed by atoms with Gasteiger partial charge in [-0.25, -0.2) is 0 Å². The lowest BCUT2D eigenvalue weighted by molar-refractivity contribution is -0.109. The zero-order valence-corrected chi connectivity index (χ0v) is 10.2. The first-order valence-corrected chi connectivity index (χ1v) is 6.10. The van der Waals surface area contributed by atoms with Gasteiger partial charge in [0.1, 0.15) is 18.1 Å². The quantitative estimate of drug-likeness (QED) is 0.807. The lowest BCUT2D eigenvalue weighted by Crippen LogP contribution is -2.25. The van der Waals surface area contributed by atoms with E-state index in [1.54, 1.807) is 12.1 Å². The first kappa shape index (κ1) is 11.5. The number of fused-ring (bicyclic) bond motifs is 1. The SMILES string of the molecule is O=CC1NC(c2ccc(O)cc2)=Cc2ccccc21. The smallest absolute Gasteiger partial charge is 0.146 e. The second-order valence-corrected chi connectivity index (χ2v) is 4.49. The summed E-state index contributed by atoms with van der Waals surface area (Å²) >= 11 is 0. The molecule has 0 bridgehead atoms. The normalized spacial score (nSPS) is 17.1. The molecule has 0 fully saturated rings. The van der Waals surface area contributed by atoms with Gasteiger partial charge in [0.25, 0.3) is 0 Å². The molecule has 1 atom stereocenters. The topological polar surface area (TPSA) is 49.3 Å². The first-order valence-electron chi connectivity index (χ1n) is 6.10. The highest BCUT2D eigenvalue weighted by molar-refractivity contribution is 5.87. The Morgan fingerprint density at radius 3 is 2.53 bits per heavy atom. The molecular formula is C16H13NO2. The lowest BCUT2D eigenvalue weighted by Gasteiger charge is -2.24. The van der Waals surface area contributed by atoms with Crippen LogP contribution in [0.25, 0.3) is 11.8 Å². The second kappa shape index (κ2) is 4.61. The molecule has 1 aliphatic rings. The van der Waals surface area contributed by atoms with Gasteiger partial charge < -0.3 is 15.2 Å². The fourth-order valence-corrected chi connectivity index (χ4v) is 2.28. The molecule has 3 nitrogen and oxygen atoms in total. The van der Waals surface area contributed by atoms with E-state index in [-0.39, 0.29) is 11.8 Å². The maximum atomic E-state index is 11.2. The number of nitrogens with one attached hydrogen (secondary N) is 1. The third-order valence-electron chi connectivity index (χ3n) is 3.26. The van der Waals surface area contributed by atoms with Crippen LogP contribution in [-0.4, -0.2) is 11.4 Å². The average molecular weight is 251 g/mol. The standard InChI is InChI=1S/C16H13NO2/c18-10-16-14-4-2-1-3-12(14)9-15(17-16)11-5-7-13(19)8-6-11/h1-10,16-17,19H. The van der Waals surface area contributed by atoms with Gasteiger partial charge in [-0.2, -0.15) is 0 Å². The highest BCUT2D eigenvalue weighted by Gasteiger charge is 2.19. The zero-order chi connectivity index (χ0) is 13.2. The van der Waals surface area contributed by atoms with E-state index in [2.05, 4.69) is 5.32 Å². The van der Waals surface area contributed by atoms with Crippen LogP contribution in [0.5, 0.6) is 5.75 Å². The van der Waals surface area contributed by atoms with Gasteiger partial charge in [0, 0.05) is 5.70 Å². The van der Waals surface area contributed by atoms with Gasteiger partial charge in [-0.05, 0) is 47.0 Å². The zero-order valence-electron chi connectivity index (χ0n) is 10.2. The van der Waals surface area contributed by atoms with Crippen molar-refractivity contribution in [3.63, 3.8) is 0 Å². The van der Waals surface area contributed by atoms with Crippen LogP contribution in [0, 0.1) is 0 Å². The minimum absolute atomic E-state index is 0.229. The molecule has 1 aliphatic heterocycles. The average Bonchev–Trinajstić information content (AvgIpc) is 2.47. The molecule has 0 saturated carbocycles. The van der Waals surface area contributed by atoms with Gasteiger partial charge in [-0.1, -0.05) is 24.3 Å². The Bertz CT molecular complexity index is 644. The molecule has 2 aromatic rings. The molecule has 0 saturated heterocycles. The summed E-state index contributed by atoms with van der Waals surface area (Å²) in [5, 5.41) is 12.5. The summed E-state index contributed by atoms with van der Waals surface area (Å²) in [6.07, 6.45) is 2.92. The van der Waals surface area contributed by atoms with E-state index >= 15 is 0 Å². The molecule has 0 radical (unpaired) electrons. The molecule has 0 aliphatic carbocycles. The van der Waals surface area contributed by atoms with Gasteiger partial charge in [-0.3, -0.25) is 0 Å². The number of aromatic hydroxyl groups is 1. The number of hydrogen-bond acceptors (Lipinski definition) is 3. The second-order valence-electron chi connectivity index (χ2n) is 4.49. The van der Waals surface area contributed by atoms with Crippen molar-refractivity contribution < 1.29 is 9.90 Å². The molecule has 1 heterocycles. The van der Waals surface area contributed by atoms with E-state index in [9.17, 15) is 9.90 Å². The van der Waals surface area contributed by atoms with Crippen LogP contribution >= 0.6 is 0 Å². The molecule has 0 spiro atoms. The molecule has 0 amide bonds. The number of carbonyl (C=O) groups excluding carboxylic acids is 1. The van der Waals surface area contributed by atoms with Crippen LogP contribution in [0.4, 0.5) is 0 Å². The van der Waals surface area contributed by atoms with Crippen LogP contribution in [0.3, 0.4) is 0 Å². The van der Waals surface area contributed by atoms with E-state index < -0.39 is 0 Å². The Labute approximate surface area is 111 Å². The number of aldehydes is 1. The Hall–Kier alpha value is -2.55. The maximum absolute atomic E-state index is 11.2. The van der Waals surface area contributed by atoms with Gasteiger partial charge in [-0.15, -0.1) is 0 Å². The fraction of sp³-hybridized carbons (Fsp3) is 0.0625. The summed E-state index contributed by atoms with van der Waals surface area (Å²) in [5.74, 6) is 0.229. The van der Waals surface area contributed by atoms with E-state index in [1.807, 2.05) is 42.5 Å². The number of phenols is 1. The number of phenolic OH excluding ortho intramolecular Hbond substituents is 1. The highest BCUT2D eigenvalue weighted by Crippen LogP contribution is 2.29. The van der Waals surface area contributed by atoms with Crippen LogP contribution in [0.2, 0.25) is 0 Å². The van der Waals surface area contributed by atoms with Crippen molar-refractivity contribution in [3.8, 4) is 5.75 Å². The van der Waals surface area contributed by atoms with Crippen molar-refractivity contribution in [2.75, 3.05) is 0 Å². The van der Waals surface area contributed by atoms with Crippen molar-refractivity contribution in [1.82, 2.24) is 5.32 Å². The van der Waals surface area contributed by atoms with Crippen LogP contribution in [-0.2, 0) is 4.79 Å². The van der Waals surface area contributed by atoms with E-state index in [1.165, 1.54) is 0 Å².